The Labute approximate surface area is 107 Å². The molecule has 0 saturated heterocycles. The van der Waals surface area contributed by atoms with Crippen LogP contribution in [0.1, 0.15) is 77.0 Å². The van der Waals surface area contributed by atoms with Crippen LogP contribution in [0.5, 0.6) is 0 Å². The molecule has 0 bridgehead atoms. The summed E-state index contributed by atoms with van der Waals surface area (Å²) < 4.78 is 0. The summed E-state index contributed by atoms with van der Waals surface area (Å²) in [6.45, 7) is 1.34. The topological polar surface area (TPSA) is 12.0 Å². The predicted molar refractivity (Wildman–Crippen MR) is 73.1 cm³/mol. The van der Waals surface area contributed by atoms with Crippen LogP contribution in [0, 0.1) is 11.3 Å². The molecule has 3 saturated carbocycles. The molecule has 0 aliphatic heterocycles. The van der Waals surface area contributed by atoms with Gasteiger partial charge in [-0.1, -0.05) is 44.9 Å². The third kappa shape index (κ3) is 3.24. The maximum atomic E-state index is 3.84. The molecular weight excluding hydrogens is 206 g/mol. The molecule has 17 heavy (non-hydrogen) atoms. The standard InChI is InChI=1S/C16H29N/c1-4-10-16(11-5-1,13-17-15-8-9-15)12-14-6-2-3-7-14/h14-15,17H,1-13H2. The van der Waals surface area contributed by atoms with Gasteiger partial charge in [0.05, 0.1) is 0 Å². The highest BCUT2D eigenvalue weighted by Gasteiger charge is 2.36. The van der Waals surface area contributed by atoms with E-state index in [1.165, 1.54) is 77.2 Å². The molecule has 0 atom stereocenters. The summed E-state index contributed by atoms with van der Waals surface area (Å²) >= 11 is 0. The van der Waals surface area contributed by atoms with Crippen molar-refractivity contribution < 1.29 is 0 Å². The van der Waals surface area contributed by atoms with E-state index in [1.807, 2.05) is 0 Å². The second kappa shape index (κ2) is 5.30. The first-order valence-electron chi connectivity index (χ1n) is 8.10. The minimum absolute atomic E-state index is 0.704. The molecule has 0 heterocycles. The number of rotatable bonds is 5. The van der Waals surface area contributed by atoms with Gasteiger partial charge in [-0.05, 0) is 43.4 Å². The van der Waals surface area contributed by atoms with Crippen molar-refractivity contribution >= 4 is 0 Å². The van der Waals surface area contributed by atoms with Crippen LogP contribution in [-0.2, 0) is 0 Å². The molecular formula is C16H29N. The van der Waals surface area contributed by atoms with Crippen molar-refractivity contribution in [2.45, 2.75) is 83.1 Å². The molecule has 0 aromatic rings. The van der Waals surface area contributed by atoms with Crippen LogP contribution in [0.15, 0.2) is 0 Å². The highest BCUT2D eigenvalue weighted by molar-refractivity contribution is 4.91. The molecule has 0 aromatic carbocycles. The van der Waals surface area contributed by atoms with Gasteiger partial charge in [0.2, 0.25) is 0 Å². The molecule has 0 unspecified atom stereocenters. The highest BCUT2D eigenvalue weighted by atomic mass is 15.0. The first kappa shape index (κ1) is 12.0. The molecule has 3 fully saturated rings. The van der Waals surface area contributed by atoms with E-state index in [1.54, 1.807) is 6.42 Å². The summed E-state index contributed by atoms with van der Waals surface area (Å²) in [6.07, 6.45) is 18.1. The van der Waals surface area contributed by atoms with Crippen LogP contribution >= 0.6 is 0 Å². The van der Waals surface area contributed by atoms with Crippen molar-refractivity contribution in [3.8, 4) is 0 Å². The fourth-order valence-corrected chi connectivity index (χ4v) is 4.23. The van der Waals surface area contributed by atoms with Crippen molar-refractivity contribution in [3.63, 3.8) is 0 Å². The smallest absolute Gasteiger partial charge is 0.00684 e. The molecule has 0 radical (unpaired) electrons. The minimum Gasteiger partial charge on any atom is -0.313 e. The van der Waals surface area contributed by atoms with Gasteiger partial charge >= 0.3 is 0 Å². The lowest BCUT2D eigenvalue weighted by Gasteiger charge is -2.39. The van der Waals surface area contributed by atoms with Crippen molar-refractivity contribution in [2.75, 3.05) is 6.54 Å². The highest BCUT2D eigenvalue weighted by Crippen LogP contribution is 2.45. The number of hydrogen-bond acceptors (Lipinski definition) is 1. The van der Waals surface area contributed by atoms with Crippen molar-refractivity contribution in [3.05, 3.63) is 0 Å². The lowest BCUT2D eigenvalue weighted by molar-refractivity contribution is 0.137. The zero-order chi connectivity index (χ0) is 11.6. The van der Waals surface area contributed by atoms with Gasteiger partial charge in [-0.15, -0.1) is 0 Å². The molecule has 3 rings (SSSR count). The maximum Gasteiger partial charge on any atom is 0.00684 e. The van der Waals surface area contributed by atoms with Gasteiger partial charge in [-0.25, -0.2) is 0 Å². The van der Waals surface area contributed by atoms with E-state index in [4.69, 9.17) is 0 Å². The van der Waals surface area contributed by atoms with E-state index >= 15 is 0 Å². The predicted octanol–water partition coefficient (Wildman–Crippen LogP) is 4.27. The SMILES string of the molecule is C1CCC(CNC2CC2)(CC2CCCC2)CC1. The van der Waals surface area contributed by atoms with Gasteiger partial charge < -0.3 is 5.32 Å². The van der Waals surface area contributed by atoms with Gasteiger partial charge in [0, 0.05) is 12.6 Å². The molecule has 3 aliphatic carbocycles. The van der Waals surface area contributed by atoms with Crippen LogP contribution in [0.3, 0.4) is 0 Å². The maximum absolute atomic E-state index is 3.84. The molecule has 0 spiro atoms. The molecule has 0 amide bonds. The summed E-state index contributed by atoms with van der Waals surface area (Å²) in [5.41, 5.74) is 0.704. The van der Waals surface area contributed by atoms with Crippen LogP contribution in [0.4, 0.5) is 0 Å². The Morgan fingerprint density at radius 2 is 1.53 bits per heavy atom. The molecule has 1 N–H and O–H groups in total. The third-order valence-electron chi connectivity index (χ3n) is 5.45. The fourth-order valence-electron chi connectivity index (χ4n) is 4.23. The molecule has 3 aliphatic rings. The van der Waals surface area contributed by atoms with Crippen LogP contribution in [0.2, 0.25) is 0 Å². The minimum atomic E-state index is 0.704. The second-order valence-corrected chi connectivity index (χ2v) is 7.07. The van der Waals surface area contributed by atoms with E-state index in [-0.39, 0.29) is 0 Å². The van der Waals surface area contributed by atoms with E-state index in [0.29, 0.717) is 5.41 Å². The summed E-state index contributed by atoms with van der Waals surface area (Å²) in [4.78, 5) is 0. The normalized spacial score (nSPS) is 29.6. The first-order valence-corrected chi connectivity index (χ1v) is 8.10. The largest absolute Gasteiger partial charge is 0.313 e. The molecule has 98 valence electrons. The monoisotopic (exact) mass is 235 g/mol. The van der Waals surface area contributed by atoms with Gasteiger partial charge in [0.15, 0.2) is 0 Å². The van der Waals surface area contributed by atoms with Crippen molar-refractivity contribution in [1.82, 2.24) is 5.32 Å². The van der Waals surface area contributed by atoms with Crippen LogP contribution in [0.25, 0.3) is 0 Å². The van der Waals surface area contributed by atoms with E-state index in [0.717, 1.165) is 12.0 Å². The Hall–Kier alpha value is -0.0400. The van der Waals surface area contributed by atoms with Gasteiger partial charge in [-0.2, -0.15) is 0 Å². The van der Waals surface area contributed by atoms with Gasteiger partial charge in [0.1, 0.15) is 0 Å². The average Bonchev–Trinajstić information content (AvgIpc) is 3.06. The van der Waals surface area contributed by atoms with Crippen molar-refractivity contribution in [1.29, 1.82) is 0 Å². The van der Waals surface area contributed by atoms with Crippen molar-refractivity contribution in [2.24, 2.45) is 11.3 Å². The molecule has 1 nitrogen and oxygen atoms in total. The summed E-state index contributed by atoms with van der Waals surface area (Å²) in [7, 11) is 0. The van der Waals surface area contributed by atoms with Gasteiger partial charge in [-0.3, -0.25) is 0 Å². The fraction of sp³-hybridized carbons (Fsp3) is 1.00. The van der Waals surface area contributed by atoms with Crippen LogP contribution < -0.4 is 5.32 Å². The second-order valence-electron chi connectivity index (χ2n) is 7.07. The third-order valence-corrected chi connectivity index (χ3v) is 5.45. The molecule has 0 aromatic heterocycles. The Balaban J connectivity index is 1.56. The number of hydrogen-bond donors (Lipinski definition) is 1. The van der Waals surface area contributed by atoms with E-state index < -0.39 is 0 Å². The Morgan fingerprint density at radius 1 is 0.824 bits per heavy atom. The zero-order valence-corrected chi connectivity index (χ0v) is 11.3. The lowest BCUT2D eigenvalue weighted by atomic mass is 9.68. The summed E-state index contributed by atoms with van der Waals surface area (Å²) in [6, 6.07) is 0.900. The number of nitrogens with one attached hydrogen (secondary N) is 1. The van der Waals surface area contributed by atoms with Gasteiger partial charge in [0.25, 0.3) is 0 Å². The quantitative estimate of drug-likeness (QED) is 0.750. The average molecular weight is 235 g/mol. The summed E-state index contributed by atoms with van der Waals surface area (Å²) in [5.74, 6) is 1.08. The Morgan fingerprint density at radius 3 is 2.18 bits per heavy atom. The Bertz CT molecular complexity index is 232. The first-order chi connectivity index (χ1) is 8.36. The zero-order valence-electron chi connectivity index (χ0n) is 11.3. The molecule has 1 heteroatoms. The van der Waals surface area contributed by atoms with Crippen LogP contribution in [-0.4, -0.2) is 12.6 Å². The van der Waals surface area contributed by atoms with E-state index in [9.17, 15) is 0 Å². The summed E-state index contributed by atoms with van der Waals surface area (Å²) in [5, 5.41) is 3.84. The Kier molecular flexibility index (Phi) is 3.75. The van der Waals surface area contributed by atoms with E-state index in [2.05, 4.69) is 5.32 Å². The lowest BCUT2D eigenvalue weighted by Crippen LogP contribution is -2.38.